The van der Waals surface area contributed by atoms with E-state index < -0.39 is 0 Å². The van der Waals surface area contributed by atoms with Gasteiger partial charge >= 0.3 is 0 Å². The second-order valence-electron chi connectivity index (χ2n) is 3.99. The maximum Gasteiger partial charge on any atom is 0.0391 e. The van der Waals surface area contributed by atoms with Crippen molar-refractivity contribution in [3.63, 3.8) is 0 Å². The van der Waals surface area contributed by atoms with Gasteiger partial charge in [0.2, 0.25) is 0 Å². The second-order valence-corrected chi connectivity index (χ2v) is 3.99. The Kier molecular flexibility index (Phi) is 1.97. The van der Waals surface area contributed by atoms with Crippen molar-refractivity contribution < 1.29 is 0 Å². The zero-order valence-corrected chi connectivity index (χ0v) is 7.34. The first-order chi connectivity index (χ1) is 5.38. The molecule has 1 aliphatic heterocycles. The van der Waals surface area contributed by atoms with Gasteiger partial charge in [0, 0.05) is 12.3 Å². The van der Waals surface area contributed by atoms with Gasteiger partial charge in [0.15, 0.2) is 0 Å². The fourth-order valence-corrected chi connectivity index (χ4v) is 2.44. The number of nitrogens with zero attached hydrogens (tertiary/aromatic N) is 1. The zero-order valence-electron chi connectivity index (χ0n) is 7.34. The summed E-state index contributed by atoms with van der Waals surface area (Å²) in [6.07, 6.45) is 6.87. The summed E-state index contributed by atoms with van der Waals surface area (Å²) < 4.78 is 0. The molecule has 11 heavy (non-hydrogen) atoms. The van der Waals surface area contributed by atoms with Gasteiger partial charge in [-0.05, 0) is 37.5 Å². The first-order valence-corrected chi connectivity index (χ1v) is 4.91. The summed E-state index contributed by atoms with van der Waals surface area (Å²) in [6, 6.07) is 0. The van der Waals surface area contributed by atoms with Crippen LogP contribution in [0.5, 0.6) is 0 Å². The average molecular weight is 151 g/mol. The van der Waals surface area contributed by atoms with E-state index in [1.807, 2.05) is 0 Å². The summed E-state index contributed by atoms with van der Waals surface area (Å²) in [5.74, 6) is 1.79. The smallest absolute Gasteiger partial charge is 0.0391 e. The van der Waals surface area contributed by atoms with Crippen molar-refractivity contribution in [2.24, 2.45) is 16.8 Å². The largest absolute Gasteiger partial charge is 0.294 e. The molecule has 1 nitrogen and oxygen atoms in total. The molecule has 1 saturated carbocycles. The van der Waals surface area contributed by atoms with E-state index in [4.69, 9.17) is 0 Å². The van der Waals surface area contributed by atoms with Crippen molar-refractivity contribution in [2.45, 2.75) is 39.0 Å². The van der Waals surface area contributed by atoms with Crippen molar-refractivity contribution in [1.82, 2.24) is 0 Å². The van der Waals surface area contributed by atoms with E-state index in [9.17, 15) is 0 Å². The minimum atomic E-state index is 0.873. The Morgan fingerprint density at radius 1 is 1.27 bits per heavy atom. The lowest BCUT2D eigenvalue weighted by molar-refractivity contribution is 0.356. The Hall–Kier alpha value is -0.330. The molecule has 0 saturated heterocycles. The third-order valence-corrected chi connectivity index (χ3v) is 3.21. The molecule has 0 spiro atoms. The summed E-state index contributed by atoms with van der Waals surface area (Å²) >= 11 is 0. The van der Waals surface area contributed by atoms with E-state index in [1.54, 1.807) is 5.71 Å². The van der Waals surface area contributed by atoms with Crippen LogP contribution < -0.4 is 0 Å². The third-order valence-electron chi connectivity index (χ3n) is 3.21. The number of hydrogen-bond donors (Lipinski definition) is 0. The first-order valence-electron chi connectivity index (χ1n) is 4.91. The van der Waals surface area contributed by atoms with Gasteiger partial charge in [0.25, 0.3) is 0 Å². The van der Waals surface area contributed by atoms with Crippen molar-refractivity contribution in [1.29, 1.82) is 0 Å². The van der Waals surface area contributed by atoms with Crippen molar-refractivity contribution in [3.8, 4) is 0 Å². The lowest BCUT2D eigenvalue weighted by Gasteiger charge is -2.32. The molecule has 1 heterocycles. The highest BCUT2D eigenvalue weighted by Gasteiger charge is 2.27. The van der Waals surface area contributed by atoms with E-state index in [0.29, 0.717) is 0 Å². The quantitative estimate of drug-likeness (QED) is 0.504. The molecule has 0 aromatic heterocycles. The zero-order chi connectivity index (χ0) is 7.68. The van der Waals surface area contributed by atoms with Crippen LogP contribution in [-0.4, -0.2) is 12.3 Å². The maximum atomic E-state index is 4.62. The summed E-state index contributed by atoms with van der Waals surface area (Å²) in [7, 11) is 0. The highest BCUT2D eigenvalue weighted by Crippen LogP contribution is 2.32. The van der Waals surface area contributed by atoms with Crippen LogP contribution in [-0.2, 0) is 0 Å². The highest BCUT2D eigenvalue weighted by atomic mass is 14.8. The monoisotopic (exact) mass is 151 g/mol. The van der Waals surface area contributed by atoms with E-state index >= 15 is 0 Å². The molecule has 2 unspecified atom stereocenters. The Bertz CT molecular complexity index is 172. The molecule has 62 valence electrons. The number of aliphatic imine (C=N–C) groups is 1. The summed E-state index contributed by atoms with van der Waals surface area (Å²) in [4.78, 5) is 4.62. The molecule has 0 aromatic carbocycles. The predicted molar refractivity (Wildman–Crippen MR) is 48.0 cm³/mol. The molecule has 0 aromatic rings. The van der Waals surface area contributed by atoms with E-state index in [2.05, 4.69) is 11.9 Å². The van der Waals surface area contributed by atoms with Crippen LogP contribution in [0.15, 0.2) is 4.99 Å². The molecule has 0 bridgehead atoms. The Balaban J connectivity index is 2.13. The minimum absolute atomic E-state index is 0.873. The van der Waals surface area contributed by atoms with Gasteiger partial charge < -0.3 is 0 Å². The first kappa shape index (κ1) is 7.33. The molecule has 0 amide bonds. The SMILES string of the molecule is CC1CCN=C2CCCCC21. The van der Waals surface area contributed by atoms with Gasteiger partial charge in [-0.1, -0.05) is 13.3 Å². The molecule has 1 aliphatic carbocycles. The van der Waals surface area contributed by atoms with Crippen LogP contribution in [0.3, 0.4) is 0 Å². The van der Waals surface area contributed by atoms with Crippen molar-refractivity contribution in [2.75, 3.05) is 6.54 Å². The topological polar surface area (TPSA) is 12.4 Å². The van der Waals surface area contributed by atoms with E-state index in [0.717, 1.165) is 18.4 Å². The van der Waals surface area contributed by atoms with Crippen molar-refractivity contribution >= 4 is 5.71 Å². The van der Waals surface area contributed by atoms with Gasteiger partial charge in [-0.25, -0.2) is 0 Å². The van der Waals surface area contributed by atoms with Crippen LogP contribution >= 0.6 is 0 Å². The molecule has 0 radical (unpaired) electrons. The van der Waals surface area contributed by atoms with Gasteiger partial charge in [0.05, 0.1) is 0 Å². The van der Waals surface area contributed by atoms with Crippen LogP contribution in [0.25, 0.3) is 0 Å². The van der Waals surface area contributed by atoms with Crippen LogP contribution in [0, 0.1) is 11.8 Å². The fourth-order valence-electron chi connectivity index (χ4n) is 2.44. The normalized spacial score (nSPS) is 37.7. The molecule has 1 heteroatoms. The van der Waals surface area contributed by atoms with Crippen LogP contribution in [0.1, 0.15) is 39.0 Å². The lowest BCUT2D eigenvalue weighted by Crippen LogP contribution is -2.29. The van der Waals surface area contributed by atoms with E-state index in [1.165, 1.54) is 32.1 Å². The number of fused-ring (bicyclic) bond motifs is 1. The average Bonchev–Trinajstić information content (AvgIpc) is 2.06. The maximum absolute atomic E-state index is 4.62. The van der Waals surface area contributed by atoms with Crippen LogP contribution in [0.2, 0.25) is 0 Å². The molecule has 2 aliphatic rings. The number of hydrogen-bond acceptors (Lipinski definition) is 1. The predicted octanol–water partition coefficient (Wildman–Crippen LogP) is 2.66. The molecule has 0 N–H and O–H groups in total. The molecule has 1 fully saturated rings. The van der Waals surface area contributed by atoms with Crippen molar-refractivity contribution in [3.05, 3.63) is 0 Å². The highest BCUT2D eigenvalue weighted by molar-refractivity contribution is 5.88. The summed E-state index contributed by atoms with van der Waals surface area (Å²) in [5.41, 5.74) is 1.55. The lowest BCUT2D eigenvalue weighted by atomic mass is 9.76. The Labute approximate surface area is 68.9 Å². The fraction of sp³-hybridized carbons (Fsp3) is 0.900. The summed E-state index contributed by atoms with van der Waals surface area (Å²) in [5, 5.41) is 0. The van der Waals surface area contributed by atoms with Crippen LogP contribution in [0.4, 0.5) is 0 Å². The molecular weight excluding hydrogens is 134 g/mol. The Morgan fingerprint density at radius 3 is 3.00 bits per heavy atom. The van der Waals surface area contributed by atoms with E-state index in [-0.39, 0.29) is 0 Å². The van der Waals surface area contributed by atoms with Gasteiger partial charge in [-0.3, -0.25) is 4.99 Å². The molecule has 2 atom stereocenters. The van der Waals surface area contributed by atoms with Gasteiger partial charge in [-0.2, -0.15) is 0 Å². The van der Waals surface area contributed by atoms with Gasteiger partial charge in [-0.15, -0.1) is 0 Å². The minimum Gasteiger partial charge on any atom is -0.294 e. The summed E-state index contributed by atoms with van der Waals surface area (Å²) in [6.45, 7) is 3.50. The molecular formula is C10H17N. The standard InChI is InChI=1S/C10H17N/c1-8-6-7-11-10-5-3-2-4-9(8)10/h8-9H,2-7H2,1H3. The Morgan fingerprint density at radius 2 is 2.18 bits per heavy atom. The van der Waals surface area contributed by atoms with Gasteiger partial charge in [0.1, 0.15) is 0 Å². The molecule has 2 rings (SSSR count). The number of rotatable bonds is 0. The third kappa shape index (κ3) is 1.33. The second kappa shape index (κ2) is 2.96.